The van der Waals surface area contributed by atoms with E-state index in [2.05, 4.69) is 39.9 Å². The second kappa shape index (κ2) is 7.70. The molecule has 2 heterocycles. The van der Waals surface area contributed by atoms with E-state index in [9.17, 15) is 0 Å². The van der Waals surface area contributed by atoms with E-state index < -0.39 is 0 Å². The van der Waals surface area contributed by atoms with Crippen molar-refractivity contribution >= 4 is 0 Å². The summed E-state index contributed by atoms with van der Waals surface area (Å²) in [5.74, 6) is 0. The molecule has 0 aliphatic carbocycles. The Morgan fingerprint density at radius 3 is 2.70 bits per heavy atom. The monoisotopic (exact) mass is 270 g/mol. The van der Waals surface area contributed by atoms with Crippen molar-refractivity contribution in [2.45, 2.75) is 32.2 Å². The molecule has 1 unspecified atom stereocenters. The highest BCUT2D eigenvalue weighted by molar-refractivity contribution is 5.08. The Bertz CT molecular complexity index is 486. The minimum Gasteiger partial charge on any atom is -0.303 e. The third-order valence-corrected chi connectivity index (χ3v) is 3.57. The SMILES string of the molecule is CC(Cc1cnccn1)N(C)CCCc1cccnc1. The smallest absolute Gasteiger partial charge is 0.0602 e. The fourth-order valence-corrected chi connectivity index (χ4v) is 2.19. The van der Waals surface area contributed by atoms with Crippen LogP contribution in [-0.4, -0.2) is 39.5 Å². The number of hydrogen-bond donors (Lipinski definition) is 0. The van der Waals surface area contributed by atoms with Crippen LogP contribution in [0.3, 0.4) is 0 Å². The van der Waals surface area contributed by atoms with Crippen LogP contribution in [0.15, 0.2) is 43.1 Å². The molecule has 0 N–H and O–H groups in total. The largest absolute Gasteiger partial charge is 0.303 e. The van der Waals surface area contributed by atoms with Crippen molar-refractivity contribution in [1.29, 1.82) is 0 Å². The molecule has 0 aliphatic heterocycles. The van der Waals surface area contributed by atoms with E-state index in [4.69, 9.17) is 0 Å². The predicted molar refractivity (Wildman–Crippen MR) is 80.4 cm³/mol. The predicted octanol–water partition coefficient (Wildman–Crippen LogP) is 2.37. The van der Waals surface area contributed by atoms with Crippen molar-refractivity contribution < 1.29 is 0 Å². The topological polar surface area (TPSA) is 41.9 Å². The van der Waals surface area contributed by atoms with Crippen LogP contribution in [-0.2, 0) is 12.8 Å². The molecule has 20 heavy (non-hydrogen) atoms. The average molecular weight is 270 g/mol. The van der Waals surface area contributed by atoms with Crippen LogP contribution in [0.2, 0.25) is 0 Å². The zero-order chi connectivity index (χ0) is 14.2. The molecule has 0 amide bonds. The Hall–Kier alpha value is -1.81. The second-order valence-electron chi connectivity index (χ2n) is 5.20. The molecule has 2 rings (SSSR count). The normalized spacial score (nSPS) is 12.6. The van der Waals surface area contributed by atoms with Crippen LogP contribution < -0.4 is 0 Å². The van der Waals surface area contributed by atoms with Gasteiger partial charge in [0.25, 0.3) is 0 Å². The number of nitrogens with zero attached hydrogens (tertiary/aromatic N) is 4. The Kier molecular flexibility index (Phi) is 5.62. The molecule has 2 aromatic rings. The molecule has 0 saturated heterocycles. The van der Waals surface area contributed by atoms with Crippen LogP contribution in [0.25, 0.3) is 0 Å². The summed E-state index contributed by atoms with van der Waals surface area (Å²) in [7, 11) is 2.17. The van der Waals surface area contributed by atoms with Crippen LogP contribution in [0.5, 0.6) is 0 Å². The molecule has 0 radical (unpaired) electrons. The first-order chi connectivity index (χ1) is 9.75. The van der Waals surface area contributed by atoms with Crippen LogP contribution >= 0.6 is 0 Å². The minimum absolute atomic E-state index is 0.473. The Labute approximate surface area is 120 Å². The van der Waals surface area contributed by atoms with Gasteiger partial charge in [0.2, 0.25) is 0 Å². The van der Waals surface area contributed by atoms with Crippen LogP contribution in [0.1, 0.15) is 24.6 Å². The van der Waals surface area contributed by atoms with E-state index in [1.807, 2.05) is 24.7 Å². The third-order valence-electron chi connectivity index (χ3n) is 3.57. The molecule has 0 aliphatic rings. The second-order valence-corrected chi connectivity index (χ2v) is 5.20. The standard InChI is InChI=1S/C16H22N4/c1-14(11-16-13-18-8-9-19-16)20(2)10-4-6-15-5-3-7-17-12-15/h3,5,7-9,12-14H,4,6,10-11H2,1-2H3. The highest BCUT2D eigenvalue weighted by Crippen LogP contribution is 2.06. The number of likely N-dealkylation sites (N-methyl/N-ethyl adjacent to an activating group) is 1. The zero-order valence-corrected chi connectivity index (χ0v) is 12.2. The van der Waals surface area contributed by atoms with E-state index in [-0.39, 0.29) is 0 Å². The average Bonchev–Trinajstić information content (AvgIpc) is 2.49. The maximum atomic E-state index is 4.33. The van der Waals surface area contributed by atoms with Crippen molar-refractivity contribution in [3.8, 4) is 0 Å². The lowest BCUT2D eigenvalue weighted by Gasteiger charge is -2.24. The van der Waals surface area contributed by atoms with Gasteiger partial charge in [-0.1, -0.05) is 6.07 Å². The van der Waals surface area contributed by atoms with Crippen LogP contribution in [0, 0.1) is 0 Å². The summed E-state index contributed by atoms with van der Waals surface area (Å²) >= 11 is 0. The molecule has 4 heteroatoms. The minimum atomic E-state index is 0.473. The summed E-state index contributed by atoms with van der Waals surface area (Å²) in [4.78, 5) is 15.0. The third kappa shape index (κ3) is 4.70. The van der Waals surface area contributed by atoms with E-state index in [1.54, 1.807) is 12.4 Å². The number of pyridine rings is 1. The lowest BCUT2D eigenvalue weighted by molar-refractivity contribution is 0.252. The first-order valence-corrected chi connectivity index (χ1v) is 7.09. The highest BCUT2D eigenvalue weighted by Gasteiger charge is 2.10. The highest BCUT2D eigenvalue weighted by atomic mass is 15.1. The van der Waals surface area contributed by atoms with Gasteiger partial charge >= 0.3 is 0 Å². The van der Waals surface area contributed by atoms with Crippen molar-refractivity contribution in [3.05, 3.63) is 54.4 Å². The van der Waals surface area contributed by atoms with E-state index >= 15 is 0 Å². The van der Waals surface area contributed by atoms with E-state index in [0.717, 1.165) is 31.5 Å². The summed E-state index contributed by atoms with van der Waals surface area (Å²) in [6.45, 7) is 3.31. The number of hydrogen-bond acceptors (Lipinski definition) is 4. The van der Waals surface area contributed by atoms with Gasteiger partial charge in [-0.2, -0.15) is 0 Å². The molecular weight excluding hydrogens is 248 g/mol. The molecule has 0 spiro atoms. The van der Waals surface area contributed by atoms with Gasteiger partial charge in [-0.15, -0.1) is 0 Å². The Morgan fingerprint density at radius 2 is 2.00 bits per heavy atom. The Balaban J connectivity index is 1.73. The fourth-order valence-electron chi connectivity index (χ4n) is 2.19. The van der Waals surface area contributed by atoms with Gasteiger partial charge in [0, 0.05) is 43.4 Å². The van der Waals surface area contributed by atoms with Gasteiger partial charge in [-0.3, -0.25) is 15.0 Å². The summed E-state index contributed by atoms with van der Waals surface area (Å²) in [5.41, 5.74) is 2.36. The molecule has 2 aromatic heterocycles. The van der Waals surface area contributed by atoms with Crippen LogP contribution in [0.4, 0.5) is 0 Å². The molecule has 106 valence electrons. The van der Waals surface area contributed by atoms with Gasteiger partial charge in [0.15, 0.2) is 0 Å². The zero-order valence-electron chi connectivity index (χ0n) is 12.2. The maximum Gasteiger partial charge on any atom is 0.0602 e. The maximum absolute atomic E-state index is 4.33. The Morgan fingerprint density at radius 1 is 1.15 bits per heavy atom. The molecule has 0 fully saturated rings. The molecule has 0 bridgehead atoms. The van der Waals surface area contributed by atoms with E-state index in [1.165, 1.54) is 5.56 Å². The molecule has 0 saturated carbocycles. The number of rotatable bonds is 7. The molecule has 4 nitrogen and oxygen atoms in total. The van der Waals surface area contributed by atoms with E-state index in [0.29, 0.717) is 6.04 Å². The molecule has 1 atom stereocenters. The first kappa shape index (κ1) is 14.6. The first-order valence-electron chi connectivity index (χ1n) is 7.09. The lowest BCUT2D eigenvalue weighted by Crippen LogP contribution is -2.32. The summed E-state index contributed by atoms with van der Waals surface area (Å²) < 4.78 is 0. The van der Waals surface area contributed by atoms with Gasteiger partial charge in [0.1, 0.15) is 0 Å². The van der Waals surface area contributed by atoms with Gasteiger partial charge in [-0.05, 0) is 45.0 Å². The van der Waals surface area contributed by atoms with Crippen molar-refractivity contribution in [2.24, 2.45) is 0 Å². The van der Waals surface area contributed by atoms with Gasteiger partial charge < -0.3 is 4.90 Å². The summed E-state index contributed by atoms with van der Waals surface area (Å²) in [6.07, 6.45) is 12.2. The lowest BCUT2D eigenvalue weighted by atomic mass is 10.1. The number of aryl methyl sites for hydroxylation is 1. The molecule has 0 aromatic carbocycles. The fraction of sp³-hybridized carbons (Fsp3) is 0.438. The van der Waals surface area contributed by atoms with Crippen molar-refractivity contribution in [3.63, 3.8) is 0 Å². The van der Waals surface area contributed by atoms with Gasteiger partial charge in [0.05, 0.1) is 5.69 Å². The summed E-state index contributed by atoms with van der Waals surface area (Å²) in [6, 6.07) is 4.60. The molecular formula is C16H22N4. The quantitative estimate of drug-likeness (QED) is 0.774. The van der Waals surface area contributed by atoms with Gasteiger partial charge in [-0.25, -0.2) is 0 Å². The van der Waals surface area contributed by atoms with Crippen molar-refractivity contribution in [1.82, 2.24) is 19.9 Å². The van der Waals surface area contributed by atoms with Crippen molar-refractivity contribution in [2.75, 3.05) is 13.6 Å². The summed E-state index contributed by atoms with van der Waals surface area (Å²) in [5, 5.41) is 0. The number of aromatic nitrogens is 3.